The molecule has 0 aromatic heterocycles. The Morgan fingerprint density at radius 2 is 2.33 bits per heavy atom. The Balaban J connectivity index is 2.11. The standard InChI is InChI=1S/C7H12OS/c1-6-4-7(6)2-3-9(8)5-7/h6H,2-5H2,1H3. The first-order valence-corrected chi connectivity index (χ1v) is 5.07. The summed E-state index contributed by atoms with van der Waals surface area (Å²) in [5.41, 5.74) is 0.574. The normalized spacial score (nSPS) is 56.6. The van der Waals surface area contributed by atoms with Crippen molar-refractivity contribution >= 4 is 10.8 Å². The number of rotatable bonds is 0. The molecular weight excluding hydrogens is 132 g/mol. The molecular formula is C7H12OS. The molecule has 9 heavy (non-hydrogen) atoms. The molecule has 1 heterocycles. The van der Waals surface area contributed by atoms with E-state index in [1.807, 2.05) is 0 Å². The number of hydrogen-bond acceptors (Lipinski definition) is 1. The molecule has 52 valence electrons. The Labute approximate surface area is 58.3 Å². The van der Waals surface area contributed by atoms with E-state index in [2.05, 4.69) is 6.92 Å². The van der Waals surface area contributed by atoms with Crippen LogP contribution < -0.4 is 0 Å². The molecule has 1 saturated carbocycles. The van der Waals surface area contributed by atoms with Crippen LogP contribution in [-0.4, -0.2) is 15.7 Å². The van der Waals surface area contributed by atoms with Gasteiger partial charge in [-0.2, -0.15) is 0 Å². The zero-order valence-corrected chi connectivity index (χ0v) is 6.54. The van der Waals surface area contributed by atoms with Gasteiger partial charge in [-0.1, -0.05) is 6.92 Å². The van der Waals surface area contributed by atoms with Crippen molar-refractivity contribution in [1.82, 2.24) is 0 Å². The topological polar surface area (TPSA) is 17.1 Å². The van der Waals surface area contributed by atoms with E-state index in [4.69, 9.17) is 0 Å². The Morgan fingerprint density at radius 3 is 2.56 bits per heavy atom. The monoisotopic (exact) mass is 144 g/mol. The Hall–Kier alpha value is 0.150. The van der Waals surface area contributed by atoms with Crippen LogP contribution in [0.2, 0.25) is 0 Å². The molecule has 1 saturated heterocycles. The fourth-order valence-electron chi connectivity index (χ4n) is 1.88. The van der Waals surface area contributed by atoms with Crippen molar-refractivity contribution in [2.75, 3.05) is 11.5 Å². The molecule has 0 aromatic carbocycles. The molecule has 2 fully saturated rings. The number of hydrogen-bond donors (Lipinski definition) is 0. The first-order chi connectivity index (χ1) is 4.23. The molecule has 0 bridgehead atoms. The van der Waals surface area contributed by atoms with E-state index in [9.17, 15) is 4.21 Å². The summed E-state index contributed by atoms with van der Waals surface area (Å²) in [7, 11) is -0.450. The van der Waals surface area contributed by atoms with Gasteiger partial charge in [-0.15, -0.1) is 0 Å². The molecule has 0 radical (unpaired) electrons. The zero-order valence-electron chi connectivity index (χ0n) is 5.72. The highest BCUT2D eigenvalue weighted by atomic mass is 32.2. The fraction of sp³-hybridized carbons (Fsp3) is 1.00. The SMILES string of the molecule is CC1CC12CCS(=O)C2. The molecule has 2 rings (SSSR count). The van der Waals surface area contributed by atoms with Crippen LogP contribution in [0.1, 0.15) is 19.8 Å². The summed E-state index contributed by atoms with van der Waals surface area (Å²) < 4.78 is 11.0. The summed E-state index contributed by atoms with van der Waals surface area (Å²) in [4.78, 5) is 0. The molecule has 0 aromatic rings. The van der Waals surface area contributed by atoms with Crippen molar-refractivity contribution < 1.29 is 4.21 Å². The van der Waals surface area contributed by atoms with Crippen molar-refractivity contribution in [3.8, 4) is 0 Å². The molecule has 1 aliphatic carbocycles. The second-order valence-corrected chi connectivity index (χ2v) is 5.08. The second-order valence-electron chi connectivity index (χ2n) is 3.51. The third-order valence-electron chi connectivity index (χ3n) is 2.87. The van der Waals surface area contributed by atoms with E-state index >= 15 is 0 Å². The molecule has 0 N–H and O–H groups in total. The van der Waals surface area contributed by atoms with Crippen molar-refractivity contribution in [1.29, 1.82) is 0 Å². The van der Waals surface area contributed by atoms with Gasteiger partial charge in [-0.05, 0) is 24.2 Å². The van der Waals surface area contributed by atoms with Gasteiger partial charge in [0.2, 0.25) is 0 Å². The van der Waals surface area contributed by atoms with Crippen LogP contribution in [0.3, 0.4) is 0 Å². The van der Waals surface area contributed by atoms with E-state index in [0.29, 0.717) is 5.41 Å². The maximum absolute atomic E-state index is 11.0. The van der Waals surface area contributed by atoms with Gasteiger partial charge < -0.3 is 0 Å². The van der Waals surface area contributed by atoms with Gasteiger partial charge in [0, 0.05) is 22.3 Å². The average molecular weight is 144 g/mol. The molecule has 2 aliphatic rings. The minimum Gasteiger partial charge on any atom is -0.260 e. The van der Waals surface area contributed by atoms with Gasteiger partial charge in [0.1, 0.15) is 0 Å². The summed E-state index contributed by atoms with van der Waals surface area (Å²) in [5, 5.41) is 0. The predicted molar refractivity (Wildman–Crippen MR) is 38.7 cm³/mol. The maximum Gasteiger partial charge on any atom is 0.0294 e. The van der Waals surface area contributed by atoms with Crippen LogP contribution in [0.5, 0.6) is 0 Å². The van der Waals surface area contributed by atoms with Crippen LogP contribution >= 0.6 is 0 Å². The predicted octanol–water partition coefficient (Wildman–Crippen LogP) is 1.17. The van der Waals surface area contributed by atoms with Crippen LogP contribution in [0.4, 0.5) is 0 Å². The third kappa shape index (κ3) is 0.759. The van der Waals surface area contributed by atoms with E-state index in [-0.39, 0.29) is 0 Å². The second kappa shape index (κ2) is 1.60. The van der Waals surface area contributed by atoms with Gasteiger partial charge >= 0.3 is 0 Å². The van der Waals surface area contributed by atoms with Crippen LogP contribution in [0.15, 0.2) is 0 Å². The minimum atomic E-state index is -0.450. The lowest BCUT2D eigenvalue weighted by molar-refractivity contribution is 0.536. The summed E-state index contributed by atoms with van der Waals surface area (Å²) in [6, 6.07) is 0. The minimum absolute atomic E-state index is 0.450. The van der Waals surface area contributed by atoms with Crippen molar-refractivity contribution in [3.63, 3.8) is 0 Å². The Kier molecular flexibility index (Phi) is 1.05. The van der Waals surface area contributed by atoms with Gasteiger partial charge in [-0.25, -0.2) is 0 Å². The highest BCUT2D eigenvalue weighted by Gasteiger charge is 2.54. The fourth-order valence-corrected chi connectivity index (χ4v) is 3.85. The summed E-state index contributed by atoms with van der Waals surface area (Å²) >= 11 is 0. The molecule has 2 heteroatoms. The lowest BCUT2D eigenvalue weighted by atomic mass is 10.0. The Bertz CT molecular complexity index is 166. The Morgan fingerprint density at radius 1 is 1.67 bits per heavy atom. The highest BCUT2D eigenvalue weighted by Crippen LogP contribution is 2.58. The lowest BCUT2D eigenvalue weighted by Crippen LogP contribution is -2.01. The van der Waals surface area contributed by atoms with E-state index in [0.717, 1.165) is 17.4 Å². The third-order valence-corrected chi connectivity index (χ3v) is 4.43. The molecule has 1 spiro atoms. The summed E-state index contributed by atoms with van der Waals surface area (Å²) in [5.74, 6) is 2.86. The van der Waals surface area contributed by atoms with Crippen LogP contribution in [-0.2, 0) is 10.8 Å². The molecule has 1 nitrogen and oxygen atoms in total. The van der Waals surface area contributed by atoms with Crippen molar-refractivity contribution in [3.05, 3.63) is 0 Å². The largest absolute Gasteiger partial charge is 0.260 e. The smallest absolute Gasteiger partial charge is 0.0294 e. The highest BCUT2D eigenvalue weighted by molar-refractivity contribution is 7.85. The van der Waals surface area contributed by atoms with Crippen LogP contribution in [0.25, 0.3) is 0 Å². The maximum atomic E-state index is 11.0. The summed E-state index contributed by atoms with van der Waals surface area (Å²) in [6.07, 6.45) is 2.58. The molecule has 3 atom stereocenters. The van der Waals surface area contributed by atoms with Gasteiger partial charge in [0.25, 0.3) is 0 Å². The average Bonchev–Trinajstić information content (AvgIpc) is 2.17. The lowest BCUT2D eigenvalue weighted by Gasteiger charge is -2.00. The van der Waals surface area contributed by atoms with Gasteiger partial charge in [0.05, 0.1) is 0 Å². The van der Waals surface area contributed by atoms with E-state index in [1.165, 1.54) is 12.8 Å². The molecule has 0 amide bonds. The zero-order chi connectivity index (χ0) is 6.48. The quantitative estimate of drug-likeness (QED) is 0.498. The van der Waals surface area contributed by atoms with Crippen LogP contribution in [0, 0.1) is 11.3 Å². The van der Waals surface area contributed by atoms with E-state index < -0.39 is 10.8 Å². The molecule has 3 unspecified atom stereocenters. The van der Waals surface area contributed by atoms with Crippen molar-refractivity contribution in [2.45, 2.75) is 19.8 Å². The first kappa shape index (κ1) is 5.90. The molecule has 1 aliphatic heterocycles. The van der Waals surface area contributed by atoms with Gasteiger partial charge in [0.15, 0.2) is 0 Å². The van der Waals surface area contributed by atoms with E-state index in [1.54, 1.807) is 0 Å². The first-order valence-electron chi connectivity index (χ1n) is 3.58. The van der Waals surface area contributed by atoms with Gasteiger partial charge in [-0.3, -0.25) is 4.21 Å². The summed E-state index contributed by atoms with van der Waals surface area (Å²) in [6.45, 7) is 2.28. The van der Waals surface area contributed by atoms with Crippen molar-refractivity contribution in [2.24, 2.45) is 11.3 Å².